The molecule has 0 aliphatic carbocycles. The van der Waals surface area contributed by atoms with Crippen LogP contribution in [0.2, 0.25) is 0 Å². The Morgan fingerprint density at radius 3 is 2.61 bits per heavy atom. The highest BCUT2D eigenvalue weighted by atomic mass is 127. The highest BCUT2D eigenvalue weighted by molar-refractivity contribution is 14.1. The Morgan fingerprint density at radius 1 is 1.44 bits per heavy atom. The van der Waals surface area contributed by atoms with Gasteiger partial charge in [0.25, 0.3) is 0 Å². The molecule has 0 saturated heterocycles. The molecule has 4 heteroatoms. The fourth-order valence-corrected chi connectivity index (χ4v) is 2.38. The van der Waals surface area contributed by atoms with Crippen LogP contribution in [0.5, 0.6) is 0 Å². The zero-order valence-electron chi connectivity index (χ0n) is 11.2. The molecule has 1 unspecified atom stereocenters. The Kier molecular flexibility index (Phi) is 5.59. The molecule has 0 aliphatic rings. The molecule has 3 nitrogen and oxygen atoms in total. The second-order valence-electron chi connectivity index (χ2n) is 5.70. The van der Waals surface area contributed by atoms with Crippen LogP contribution in [0.15, 0.2) is 24.3 Å². The molecule has 1 rings (SSSR count). The lowest BCUT2D eigenvalue weighted by Gasteiger charge is -2.24. The molecular weight excluding hydrogens is 339 g/mol. The standard InChI is InChI=1S/C14H21IN2O/c1-14(2,3)8-10(9-16)13(18)17-12-6-4-5-11(15)7-12/h4-7,10H,8-9,16H2,1-3H3,(H,17,18). The minimum Gasteiger partial charge on any atom is -0.330 e. The van der Waals surface area contributed by atoms with Crippen molar-refractivity contribution in [3.8, 4) is 0 Å². The number of rotatable bonds is 4. The number of carbonyl (C=O) groups is 1. The van der Waals surface area contributed by atoms with Crippen LogP contribution in [-0.4, -0.2) is 12.5 Å². The van der Waals surface area contributed by atoms with Crippen molar-refractivity contribution in [1.29, 1.82) is 0 Å². The van der Waals surface area contributed by atoms with Crippen molar-refractivity contribution < 1.29 is 4.79 Å². The van der Waals surface area contributed by atoms with Gasteiger partial charge >= 0.3 is 0 Å². The average molecular weight is 360 g/mol. The van der Waals surface area contributed by atoms with Crippen molar-refractivity contribution >= 4 is 34.2 Å². The molecule has 0 aliphatic heterocycles. The summed E-state index contributed by atoms with van der Waals surface area (Å²) in [4.78, 5) is 12.1. The number of nitrogens with one attached hydrogen (secondary N) is 1. The molecule has 100 valence electrons. The van der Waals surface area contributed by atoms with Crippen molar-refractivity contribution in [2.75, 3.05) is 11.9 Å². The van der Waals surface area contributed by atoms with Crippen molar-refractivity contribution in [3.63, 3.8) is 0 Å². The van der Waals surface area contributed by atoms with Gasteiger partial charge in [-0.25, -0.2) is 0 Å². The predicted molar refractivity (Wildman–Crippen MR) is 84.4 cm³/mol. The fourth-order valence-electron chi connectivity index (χ4n) is 1.83. The molecule has 0 bridgehead atoms. The molecular formula is C14H21IN2O. The number of nitrogens with two attached hydrogens (primary N) is 1. The third-order valence-corrected chi connectivity index (χ3v) is 3.28. The quantitative estimate of drug-likeness (QED) is 0.810. The SMILES string of the molecule is CC(C)(C)CC(CN)C(=O)Nc1cccc(I)c1. The number of anilines is 1. The number of amides is 1. The summed E-state index contributed by atoms with van der Waals surface area (Å²) in [5, 5.41) is 2.93. The minimum absolute atomic E-state index is 0.00873. The van der Waals surface area contributed by atoms with E-state index < -0.39 is 0 Å². The first-order chi connectivity index (χ1) is 8.31. The summed E-state index contributed by atoms with van der Waals surface area (Å²) < 4.78 is 1.10. The Morgan fingerprint density at radius 2 is 2.11 bits per heavy atom. The number of hydrogen-bond donors (Lipinski definition) is 2. The lowest BCUT2D eigenvalue weighted by Crippen LogP contribution is -2.32. The summed E-state index contributed by atoms with van der Waals surface area (Å²) in [5.74, 6) is -0.128. The van der Waals surface area contributed by atoms with Gasteiger partial charge in [-0.05, 0) is 52.6 Å². The first kappa shape index (κ1) is 15.4. The largest absolute Gasteiger partial charge is 0.330 e. The van der Waals surface area contributed by atoms with Crippen LogP contribution in [0.4, 0.5) is 5.69 Å². The maximum absolute atomic E-state index is 12.1. The van der Waals surface area contributed by atoms with Gasteiger partial charge in [-0.1, -0.05) is 26.8 Å². The summed E-state index contributed by atoms with van der Waals surface area (Å²) in [6.07, 6.45) is 0.791. The summed E-state index contributed by atoms with van der Waals surface area (Å²) in [5.41, 5.74) is 6.64. The summed E-state index contributed by atoms with van der Waals surface area (Å²) in [7, 11) is 0. The van der Waals surface area contributed by atoms with Crippen molar-refractivity contribution in [2.45, 2.75) is 27.2 Å². The van der Waals surface area contributed by atoms with Crippen molar-refractivity contribution in [1.82, 2.24) is 0 Å². The van der Waals surface area contributed by atoms with Crippen LogP contribution >= 0.6 is 22.6 Å². The van der Waals surface area contributed by atoms with E-state index in [9.17, 15) is 4.79 Å². The molecule has 0 radical (unpaired) electrons. The average Bonchev–Trinajstić information content (AvgIpc) is 2.24. The normalized spacial score (nSPS) is 13.2. The molecule has 1 aromatic carbocycles. The molecule has 0 fully saturated rings. The van der Waals surface area contributed by atoms with E-state index in [0.29, 0.717) is 6.54 Å². The zero-order chi connectivity index (χ0) is 13.8. The Balaban J connectivity index is 2.68. The number of hydrogen-bond acceptors (Lipinski definition) is 2. The van der Waals surface area contributed by atoms with Crippen LogP contribution in [0.25, 0.3) is 0 Å². The monoisotopic (exact) mass is 360 g/mol. The lowest BCUT2D eigenvalue weighted by molar-refractivity contribution is -0.120. The van der Waals surface area contributed by atoms with Gasteiger partial charge in [0.05, 0.1) is 5.92 Å². The van der Waals surface area contributed by atoms with Crippen LogP contribution < -0.4 is 11.1 Å². The molecule has 0 heterocycles. The maximum Gasteiger partial charge on any atom is 0.228 e. The van der Waals surface area contributed by atoms with E-state index in [1.165, 1.54) is 0 Å². The third-order valence-electron chi connectivity index (χ3n) is 2.61. The molecule has 3 N–H and O–H groups in total. The van der Waals surface area contributed by atoms with Gasteiger partial charge in [-0.3, -0.25) is 4.79 Å². The number of halogens is 1. The molecule has 1 aromatic rings. The lowest BCUT2D eigenvalue weighted by atomic mass is 9.84. The van der Waals surface area contributed by atoms with E-state index >= 15 is 0 Å². The Bertz CT molecular complexity index is 413. The number of benzene rings is 1. The summed E-state index contributed by atoms with van der Waals surface area (Å²) in [6.45, 7) is 6.74. The molecule has 0 spiro atoms. The van der Waals surface area contributed by atoms with Gasteiger partial charge in [-0.2, -0.15) is 0 Å². The minimum atomic E-state index is -0.136. The van der Waals surface area contributed by atoms with Crippen molar-refractivity contribution in [2.24, 2.45) is 17.1 Å². The van der Waals surface area contributed by atoms with E-state index in [1.54, 1.807) is 0 Å². The van der Waals surface area contributed by atoms with Crippen molar-refractivity contribution in [3.05, 3.63) is 27.8 Å². The van der Waals surface area contributed by atoms with Crippen LogP contribution in [0, 0.1) is 14.9 Å². The molecule has 1 amide bonds. The van der Waals surface area contributed by atoms with Gasteiger partial charge in [0.15, 0.2) is 0 Å². The summed E-state index contributed by atoms with van der Waals surface area (Å²) in [6, 6.07) is 7.76. The molecule has 18 heavy (non-hydrogen) atoms. The molecule has 0 aromatic heterocycles. The highest BCUT2D eigenvalue weighted by Crippen LogP contribution is 2.25. The van der Waals surface area contributed by atoms with Gasteiger partial charge in [0.2, 0.25) is 5.91 Å². The zero-order valence-corrected chi connectivity index (χ0v) is 13.3. The Hall–Kier alpha value is -0.620. The topological polar surface area (TPSA) is 55.1 Å². The first-order valence-electron chi connectivity index (χ1n) is 6.08. The van der Waals surface area contributed by atoms with E-state index in [4.69, 9.17) is 5.73 Å². The second-order valence-corrected chi connectivity index (χ2v) is 6.94. The number of carbonyl (C=O) groups excluding carboxylic acids is 1. The van der Waals surface area contributed by atoms with Gasteiger partial charge in [-0.15, -0.1) is 0 Å². The Labute approximate surface area is 123 Å². The van der Waals surface area contributed by atoms with E-state index in [1.807, 2.05) is 24.3 Å². The predicted octanol–water partition coefficient (Wildman–Crippen LogP) is 3.24. The highest BCUT2D eigenvalue weighted by Gasteiger charge is 2.23. The smallest absolute Gasteiger partial charge is 0.228 e. The van der Waals surface area contributed by atoms with Crippen LogP contribution in [-0.2, 0) is 4.79 Å². The van der Waals surface area contributed by atoms with E-state index in [-0.39, 0.29) is 17.2 Å². The third kappa shape index (κ3) is 5.35. The maximum atomic E-state index is 12.1. The molecule has 1 atom stereocenters. The fraction of sp³-hybridized carbons (Fsp3) is 0.500. The van der Waals surface area contributed by atoms with Gasteiger partial charge in [0, 0.05) is 15.8 Å². The van der Waals surface area contributed by atoms with E-state index in [2.05, 4.69) is 48.7 Å². The van der Waals surface area contributed by atoms with Crippen LogP contribution in [0.1, 0.15) is 27.2 Å². The van der Waals surface area contributed by atoms with Gasteiger partial charge in [0.1, 0.15) is 0 Å². The molecule has 0 saturated carbocycles. The van der Waals surface area contributed by atoms with Crippen LogP contribution in [0.3, 0.4) is 0 Å². The first-order valence-corrected chi connectivity index (χ1v) is 7.16. The van der Waals surface area contributed by atoms with Gasteiger partial charge < -0.3 is 11.1 Å². The second kappa shape index (κ2) is 6.52. The summed E-state index contributed by atoms with van der Waals surface area (Å²) >= 11 is 2.22. The van der Waals surface area contributed by atoms with E-state index in [0.717, 1.165) is 15.7 Å².